The molecule has 1 saturated heterocycles. The average Bonchev–Trinajstić information content (AvgIpc) is 3.06. The smallest absolute Gasteiger partial charge is 0.316 e. The van der Waals surface area contributed by atoms with E-state index in [1.54, 1.807) is 31.4 Å². The number of methoxy groups -OCH3 is 1. The average molecular weight is 354 g/mol. The fourth-order valence-corrected chi connectivity index (χ4v) is 2.42. The van der Waals surface area contributed by atoms with Crippen LogP contribution < -0.4 is 15.4 Å². The number of ether oxygens (including phenoxy) is 1. The van der Waals surface area contributed by atoms with Crippen LogP contribution in [0.25, 0.3) is 0 Å². The van der Waals surface area contributed by atoms with Crippen molar-refractivity contribution < 1.29 is 14.1 Å². The number of benzene rings is 1. The molecule has 8 nitrogen and oxygen atoms in total. The van der Waals surface area contributed by atoms with Gasteiger partial charge in [-0.2, -0.15) is 4.98 Å². The highest BCUT2D eigenvalue weighted by Crippen LogP contribution is 2.19. The second-order valence-electron chi connectivity index (χ2n) is 5.34. The first-order valence-electron chi connectivity index (χ1n) is 7.37. The molecule has 0 radical (unpaired) electrons. The lowest BCUT2D eigenvalue weighted by atomic mass is 10.2. The van der Waals surface area contributed by atoms with Crippen molar-refractivity contribution >= 4 is 24.0 Å². The molecule has 1 amide bonds. The van der Waals surface area contributed by atoms with Crippen molar-refractivity contribution in [2.24, 2.45) is 0 Å². The molecule has 130 valence electrons. The summed E-state index contributed by atoms with van der Waals surface area (Å²) in [5.74, 6) is 0.755. The number of hydrogen-bond donors (Lipinski definition) is 2. The Morgan fingerprint density at radius 2 is 2.17 bits per heavy atom. The van der Waals surface area contributed by atoms with Crippen LogP contribution in [0.3, 0.4) is 0 Å². The van der Waals surface area contributed by atoms with Crippen molar-refractivity contribution in [3.05, 3.63) is 36.0 Å². The van der Waals surface area contributed by atoms with Gasteiger partial charge in [-0.3, -0.25) is 9.69 Å². The molecular formula is C15H20ClN5O3. The predicted octanol–water partition coefficient (Wildman–Crippen LogP) is 1.33. The molecule has 0 aliphatic carbocycles. The van der Waals surface area contributed by atoms with Gasteiger partial charge in [0.25, 0.3) is 0 Å². The number of carbonyl (C=O) groups excluding carboxylic acids is 1. The number of halogens is 1. The molecule has 1 unspecified atom stereocenters. The number of carbonyl (C=O) groups is 1. The topological polar surface area (TPSA) is 92.5 Å². The maximum Gasteiger partial charge on any atom is 0.316 e. The van der Waals surface area contributed by atoms with Gasteiger partial charge in [0.1, 0.15) is 5.75 Å². The van der Waals surface area contributed by atoms with E-state index in [9.17, 15) is 4.79 Å². The fraction of sp³-hybridized carbons (Fsp3) is 0.400. The van der Waals surface area contributed by atoms with Crippen LogP contribution in [0.4, 0.5) is 5.69 Å². The molecule has 1 aromatic carbocycles. The zero-order valence-corrected chi connectivity index (χ0v) is 14.3. The van der Waals surface area contributed by atoms with E-state index in [2.05, 4.69) is 25.7 Å². The zero-order chi connectivity index (χ0) is 16.2. The third-order valence-electron chi connectivity index (χ3n) is 3.79. The number of anilines is 1. The van der Waals surface area contributed by atoms with Crippen molar-refractivity contribution in [1.29, 1.82) is 0 Å². The Kier molecular flexibility index (Phi) is 6.13. The van der Waals surface area contributed by atoms with Gasteiger partial charge < -0.3 is 19.9 Å². The Labute approximate surface area is 146 Å². The van der Waals surface area contributed by atoms with Crippen molar-refractivity contribution in [2.75, 3.05) is 39.1 Å². The highest BCUT2D eigenvalue weighted by molar-refractivity contribution is 6.00. The number of likely N-dealkylation sites (N-methyl/N-ethyl adjacent to an activating group) is 1. The molecule has 1 atom stereocenters. The van der Waals surface area contributed by atoms with Crippen molar-refractivity contribution in [2.45, 2.75) is 6.04 Å². The molecule has 2 aromatic rings. The predicted molar refractivity (Wildman–Crippen MR) is 90.7 cm³/mol. The lowest BCUT2D eigenvalue weighted by molar-refractivity contribution is 0.0981. The first kappa shape index (κ1) is 18.2. The van der Waals surface area contributed by atoms with Crippen LogP contribution in [-0.4, -0.2) is 54.7 Å². The zero-order valence-electron chi connectivity index (χ0n) is 13.5. The third-order valence-corrected chi connectivity index (χ3v) is 3.79. The van der Waals surface area contributed by atoms with Crippen LogP contribution >= 0.6 is 12.4 Å². The van der Waals surface area contributed by atoms with Gasteiger partial charge in [0.2, 0.25) is 0 Å². The number of aromatic nitrogens is 2. The monoisotopic (exact) mass is 353 g/mol. The number of amides is 1. The minimum absolute atomic E-state index is 0. The van der Waals surface area contributed by atoms with Crippen molar-refractivity contribution in [1.82, 2.24) is 20.4 Å². The van der Waals surface area contributed by atoms with Crippen molar-refractivity contribution in [3.8, 4) is 5.75 Å². The summed E-state index contributed by atoms with van der Waals surface area (Å²) in [7, 11) is 3.59. The molecule has 1 aromatic heterocycles. The van der Waals surface area contributed by atoms with Gasteiger partial charge in [-0.1, -0.05) is 5.16 Å². The number of nitrogens with one attached hydrogen (secondary N) is 2. The summed E-state index contributed by atoms with van der Waals surface area (Å²) < 4.78 is 10.2. The minimum atomic E-state index is -0.430. The first-order valence-corrected chi connectivity index (χ1v) is 7.37. The second kappa shape index (κ2) is 8.09. The van der Waals surface area contributed by atoms with E-state index in [0.717, 1.165) is 25.4 Å². The van der Waals surface area contributed by atoms with Gasteiger partial charge in [-0.25, -0.2) is 0 Å². The van der Waals surface area contributed by atoms with Crippen LogP contribution in [0.1, 0.15) is 22.6 Å². The molecule has 1 aliphatic heterocycles. The first-order chi connectivity index (χ1) is 11.2. The van der Waals surface area contributed by atoms with E-state index in [1.807, 2.05) is 7.05 Å². The highest BCUT2D eigenvalue weighted by atomic mass is 35.5. The molecule has 9 heteroatoms. The molecule has 1 fully saturated rings. The minimum Gasteiger partial charge on any atom is -0.497 e. The van der Waals surface area contributed by atoms with Crippen LogP contribution in [0.15, 0.2) is 28.8 Å². The summed E-state index contributed by atoms with van der Waals surface area (Å²) in [6.07, 6.45) is 0. The summed E-state index contributed by atoms with van der Waals surface area (Å²) in [5.41, 5.74) is 0.631. The summed E-state index contributed by atoms with van der Waals surface area (Å²) in [6, 6.07) is 7.02. The molecule has 1 aliphatic rings. The van der Waals surface area contributed by atoms with E-state index < -0.39 is 5.91 Å². The van der Waals surface area contributed by atoms with E-state index in [0.29, 0.717) is 11.5 Å². The Morgan fingerprint density at radius 1 is 1.42 bits per heavy atom. The van der Waals surface area contributed by atoms with Gasteiger partial charge in [0, 0.05) is 25.3 Å². The van der Waals surface area contributed by atoms with Crippen LogP contribution in [0.5, 0.6) is 5.75 Å². The largest absolute Gasteiger partial charge is 0.497 e. The summed E-state index contributed by atoms with van der Waals surface area (Å²) >= 11 is 0. The highest BCUT2D eigenvalue weighted by Gasteiger charge is 2.26. The molecular weight excluding hydrogens is 334 g/mol. The second-order valence-corrected chi connectivity index (χ2v) is 5.34. The number of hydrogen-bond acceptors (Lipinski definition) is 7. The standard InChI is InChI=1S/C15H19N5O3.ClH/c1-20-8-7-16-9-12(20)13-18-15(23-19-13)14(21)17-10-3-5-11(22-2)6-4-10;/h3-6,12,16H,7-9H2,1-2H3,(H,17,21);1H. The van der Waals surface area contributed by atoms with Gasteiger partial charge in [-0.05, 0) is 31.3 Å². The SMILES string of the molecule is COc1ccc(NC(=O)c2nc(C3CNCCN3C)no2)cc1.Cl. The van der Waals surface area contributed by atoms with Gasteiger partial charge in [0.05, 0.1) is 13.2 Å². The molecule has 3 rings (SSSR count). The van der Waals surface area contributed by atoms with Gasteiger partial charge in [-0.15, -0.1) is 12.4 Å². The molecule has 0 spiro atoms. The lowest BCUT2D eigenvalue weighted by Gasteiger charge is -2.30. The Morgan fingerprint density at radius 3 is 2.83 bits per heavy atom. The quantitative estimate of drug-likeness (QED) is 0.856. The summed E-state index contributed by atoms with van der Waals surface area (Å²) in [6.45, 7) is 2.55. The van der Waals surface area contributed by atoms with Crippen LogP contribution in [0.2, 0.25) is 0 Å². The van der Waals surface area contributed by atoms with E-state index in [-0.39, 0.29) is 24.3 Å². The lowest BCUT2D eigenvalue weighted by Crippen LogP contribution is -2.44. The molecule has 0 bridgehead atoms. The molecule has 2 heterocycles. The van der Waals surface area contributed by atoms with E-state index >= 15 is 0 Å². The molecule has 24 heavy (non-hydrogen) atoms. The van der Waals surface area contributed by atoms with Crippen LogP contribution in [-0.2, 0) is 0 Å². The van der Waals surface area contributed by atoms with Gasteiger partial charge >= 0.3 is 11.8 Å². The van der Waals surface area contributed by atoms with Gasteiger partial charge in [0.15, 0.2) is 5.82 Å². The van der Waals surface area contributed by atoms with Crippen LogP contribution in [0, 0.1) is 0 Å². The maximum atomic E-state index is 12.2. The normalized spacial score (nSPS) is 17.8. The third kappa shape index (κ3) is 4.02. The Bertz CT molecular complexity index is 676. The number of rotatable bonds is 4. The Balaban J connectivity index is 0.00000208. The fourth-order valence-electron chi connectivity index (χ4n) is 2.42. The summed E-state index contributed by atoms with van der Waals surface area (Å²) in [5, 5.41) is 9.93. The van der Waals surface area contributed by atoms with E-state index in [1.165, 1.54) is 0 Å². The maximum absolute atomic E-state index is 12.2. The summed E-state index contributed by atoms with van der Waals surface area (Å²) in [4.78, 5) is 18.5. The molecule has 2 N–H and O–H groups in total. The van der Waals surface area contributed by atoms with Crippen molar-refractivity contribution in [3.63, 3.8) is 0 Å². The number of piperazine rings is 1. The Hall–Kier alpha value is -2.16. The number of nitrogens with zero attached hydrogens (tertiary/aromatic N) is 3. The molecule has 0 saturated carbocycles. The van der Waals surface area contributed by atoms with E-state index in [4.69, 9.17) is 9.26 Å².